The lowest BCUT2D eigenvalue weighted by atomic mass is 10.1. The third-order valence-corrected chi connectivity index (χ3v) is 8.20. The number of nitrogens with one attached hydrogen (secondary N) is 1. The van der Waals surface area contributed by atoms with E-state index in [1.165, 1.54) is 11.3 Å². The molecule has 3 aromatic heterocycles. The lowest BCUT2D eigenvalue weighted by Gasteiger charge is -2.13. The maximum atomic E-state index is 12.8. The maximum absolute atomic E-state index is 12.8. The Bertz CT molecular complexity index is 1380. The highest BCUT2D eigenvalue weighted by atomic mass is 32.1. The number of benzene rings is 1. The van der Waals surface area contributed by atoms with Gasteiger partial charge in [-0.1, -0.05) is 6.92 Å². The average molecular weight is 482 g/mol. The van der Waals surface area contributed by atoms with Gasteiger partial charge in [-0.25, -0.2) is 0 Å². The summed E-state index contributed by atoms with van der Waals surface area (Å²) < 4.78 is 8.00. The number of pyridine rings is 1. The summed E-state index contributed by atoms with van der Waals surface area (Å²) in [4.78, 5) is 32.9. The first kappa shape index (κ1) is 21.8. The molecule has 7 nitrogen and oxygen atoms in total. The molecule has 1 fully saturated rings. The first-order valence-electron chi connectivity index (χ1n) is 10.8. The second-order valence-electron chi connectivity index (χ2n) is 7.92. The number of aryl methyl sites for hydroxylation is 1. The highest BCUT2D eigenvalue weighted by Crippen LogP contribution is 2.38. The van der Waals surface area contributed by atoms with Gasteiger partial charge in [0.25, 0.3) is 11.8 Å². The van der Waals surface area contributed by atoms with Crippen molar-refractivity contribution in [3.63, 3.8) is 0 Å². The van der Waals surface area contributed by atoms with Crippen LogP contribution in [0.2, 0.25) is 0 Å². The topological polar surface area (TPSA) is 91.8 Å². The van der Waals surface area contributed by atoms with Crippen molar-refractivity contribution in [1.29, 1.82) is 0 Å². The van der Waals surface area contributed by atoms with E-state index in [0.717, 1.165) is 31.6 Å². The third-order valence-electron chi connectivity index (χ3n) is 5.77. The van der Waals surface area contributed by atoms with E-state index in [1.54, 1.807) is 41.6 Å². The largest absolute Gasteiger partial charge is 0.456 e. The third kappa shape index (κ3) is 3.96. The minimum absolute atomic E-state index is 0.0797. The van der Waals surface area contributed by atoms with Crippen molar-refractivity contribution in [2.45, 2.75) is 25.9 Å². The number of aromatic nitrogens is 1. The number of hydrogen-bond acceptors (Lipinski definition) is 7. The summed E-state index contributed by atoms with van der Waals surface area (Å²) in [7, 11) is 1.64. The van der Waals surface area contributed by atoms with Crippen molar-refractivity contribution < 1.29 is 19.4 Å². The van der Waals surface area contributed by atoms with E-state index in [1.807, 2.05) is 25.1 Å². The van der Waals surface area contributed by atoms with Crippen LogP contribution >= 0.6 is 22.7 Å². The number of fused-ring (bicyclic) bond motifs is 2. The number of carbonyl (C=O) groups is 2. The van der Waals surface area contributed by atoms with Gasteiger partial charge in [0.2, 0.25) is 0 Å². The van der Waals surface area contributed by atoms with Crippen molar-refractivity contribution >= 4 is 54.8 Å². The van der Waals surface area contributed by atoms with Crippen LogP contribution in [-0.4, -0.2) is 53.0 Å². The Kier molecular flexibility index (Phi) is 5.77. The molecule has 1 aliphatic rings. The molecule has 1 atom stereocenters. The number of rotatable bonds is 5. The van der Waals surface area contributed by atoms with Gasteiger partial charge in [-0.15, -0.1) is 22.7 Å². The monoisotopic (exact) mass is 481 g/mol. The number of ether oxygens (including phenoxy) is 1. The molecule has 0 bridgehead atoms. The van der Waals surface area contributed by atoms with Crippen LogP contribution in [0.4, 0.5) is 0 Å². The number of β-amino-alcohol motifs (C(OH)–C–C–N with tert-alkyl or cyclic N) is 1. The Morgan fingerprint density at radius 3 is 2.85 bits per heavy atom. The second kappa shape index (κ2) is 8.74. The van der Waals surface area contributed by atoms with Gasteiger partial charge >= 0.3 is 0 Å². The van der Waals surface area contributed by atoms with Gasteiger partial charge in [-0.2, -0.15) is 0 Å². The molecule has 170 valence electrons. The zero-order chi connectivity index (χ0) is 23.1. The lowest BCUT2D eigenvalue weighted by molar-refractivity contribution is 0.0769. The first-order chi connectivity index (χ1) is 16.0. The molecule has 0 unspecified atom stereocenters. The fourth-order valence-electron chi connectivity index (χ4n) is 4.12. The summed E-state index contributed by atoms with van der Waals surface area (Å²) in [5, 5.41) is 13.4. The van der Waals surface area contributed by atoms with Crippen LogP contribution in [-0.2, 0) is 6.42 Å². The van der Waals surface area contributed by atoms with Crippen molar-refractivity contribution in [1.82, 2.24) is 15.2 Å². The molecule has 4 aromatic rings. The van der Waals surface area contributed by atoms with Gasteiger partial charge in [0, 0.05) is 47.4 Å². The van der Waals surface area contributed by atoms with Gasteiger partial charge in [0.15, 0.2) is 0 Å². The van der Waals surface area contributed by atoms with Crippen LogP contribution in [0, 0.1) is 0 Å². The van der Waals surface area contributed by atoms with Gasteiger partial charge in [0.1, 0.15) is 11.5 Å². The van der Waals surface area contributed by atoms with Crippen molar-refractivity contribution in [3.05, 3.63) is 51.8 Å². The Morgan fingerprint density at radius 1 is 1.27 bits per heavy atom. The fourth-order valence-corrected chi connectivity index (χ4v) is 6.33. The van der Waals surface area contributed by atoms with Gasteiger partial charge in [-0.3, -0.25) is 14.6 Å². The number of likely N-dealkylation sites (tertiary alicyclic amines) is 1. The molecule has 1 aliphatic heterocycles. The Balaban J connectivity index is 1.47. The predicted octanol–water partition coefficient (Wildman–Crippen LogP) is 4.43. The molecule has 0 aliphatic carbocycles. The van der Waals surface area contributed by atoms with Crippen LogP contribution in [0.3, 0.4) is 0 Å². The number of nitrogens with zero attached hydrogens (tertiary/aromatic N) is 2. The molecule has 5 rings (SSSR count). The number of aliphatic hydroxyl groups is 1. The molecule has 4 heterocycles. The quantitative estimate of drug-likeness (QED) is 0.440. The standard InChI is InChI=1S/C24H23N3O4S2/c1-3-18-21(23(29)25-2)15-5-4-14(10-19(15)32-18)31-17-6-8-26-16-11-20(33-22(16)17)24(30)27-9-7-13(28)12-27/h4-6,8,10-11,13,28H,3,7,9,12H2,1-2H3,(H,25,29)/t13-/m1/s1. The predicted molar refractivity (Wildman–Crippen MR) is 131 cm³/mol. The van der Waals surface area contributed by atoms with Crippen molar-refractivity contribution in [2.75, 3.05) is 20.1 Å². The first-order valence-corrected chi connectivity index (χ1v) is 12.4. The molecule has 1 saturated heterocycles. The molecule has 9 heteroatoms. The van der Waals surface area contributed by atoms with E-state index in [0.29, 0.717) is 41.4 Å². The summed E-state index contributed by atoms with van der Waals surface area (Å²) in [5.74, 6) is 1.12. The Labute approximate surface area is 198 Å². The number of thiophene rings is 2. The van der Waals surface area contributed by atoms with Crippen molar-refractivity contribution in [2.24, 2.45) is 0 Å². The summed E-state index contributed by atoms with van der Waals surface area (Å²) in [5.41, 5.74) is 1.43. The maximum Gasteiger partial charge on any atom is 0.264 e. The molecule has 33 heavy (non-hydrogen) atoms. The Hall–Kier alpha value is -3.01. The fraction of sp³-hybridized carbons (Fsp3) is 0.292. The van der Waals surface area contributed by atoms with E-state index >= 15 is 0 Å². The van der Waals surface area contributed by atoms with E-state index in [2.05, 4.69) is 10.3 Å². The summed E-state index contributed by atoms with van der Waals surface area (Å²) in [6.45, 7) is 2.97. The summed E-state index contributed by atoms with van der Waals surface area (Å²) in [6, 6.07) is 9.30. The zero-order valence-electron chi connectivity index (χ0n) is 18.3. The summed E-state index contributed by atoms with van der Waals surface area (Å²) >= 11 is 2.95. The van der Waals surface area contributed by atoms with Crippen LogP contribution < -0.4 is 10.1 Å². The van der Waals surface area contributed by atoms with E-state index in [9.17, 15) is 14.7 Å². The van der Waals surface area contributed by atoms with Gasteiger partial charge in [0.05, 0.1) is 26.8 Å². The van der Waals surface area contributed by atoms with E-state index in [4.69, 9.17) is 4.74 Å². The normalized spacial score (nSPS) is 16.0. The second-order valence-corrected chi connectivity index (χ2v) is 10.1. The molecule has 0 radical (unpaired) electrons. The minimum Gasteiger partial charge on any atom is -0.456 e. The molecular weight excluding hydrogens is 458 g/mol. The lowest BCUT2D eigenvalue weighted by Crippen LogP contribution is -2.28. The molecular formula is C24H23N3O4S2. The Morgan fingerprint density at radius 2 is 2.12 bits per heavy atom. The molecule has 0 saturated carbocycles. The van der Waals surface area contributed by atoms with Gasteiger partial charge in [-0.05, 0) is 37.1 Å². The average Bonchev–Trinajstić information content (AvgIpc) is 3.54. The zero-order valence-corrected chi connectivity index (χ0v) is 19.9. The number of amides is 2. The van der Waals surface area contributed by atoms with Gasteiger partial charge < -0.3 is 20.1 Å². The number of aliphatic hydroxyl groups excluding tert-OH is 1. The highest BCUT2D eigenvalue weighted by molar-refractivity contribution is 7.21. The number of hydrogen-bond donors (Lipinski definition) is 2. The molecule has 1 aromatic carbocycles. The van der Waals surface area contributed by atoms with E-state index in [-0.39, 0.29) is 11.8 Å². The SMILES string of the molecule is CCc1sc2cc(Oc3ccnc4cc(C(=O)N5CC[C@@H](O)C5)sc34)ccc2c1C(=O)NC. The van der Waals surface area contributed by atoms with Crippen LogP contribution in [0.25, 0.3) is 20.3 Å². The van der Waals surface area contributed by atoms with Crippen molar-refractivity contribution in [3.8, 4) is 11.5 Å². The molecule has 0 spiro atoms. The van der Waals surface area contributed by atoms with Crippen LogP contribution in [0.1, 0.15) is 38.3 Å². The summed E-state index contributed by atoms with van der Waals surface area (Å²) in [6.07, 6.45) is 2.60. The van der Waals surface area contributed by atoms with Crippen LogP contribution in [0.5, 0.6) is 11.5 Å². The minimum atomic E-state index is -0.454. The highest BCUT2D eigenvalue weighted by Gasteiger charge is 2.27. The van der Waals surface area contributed by atoms with E-state index < -0.39 is 6.10 Å². The smallest absolute Gasteiger partial charge is 0.264 e. The number of carbonyl (C=O) groups excluding carboxylic acids is 2. The molecule has 2 N–H and O–H groups in total. The molecule has 2 amide bonds. The van der Waals surface area contributed by atoms with Crippen LogP contribution in [0.15, 0.2) is 36.5 Å².